The highest BCUT2D eigenvalue weighted by molar-refractivity contribution is 6.24. The van der Waals surface area contributed by atoms with Crippen molar-refractivity contribution in [1.82, 2.24) is 9.13 Å². The number of aromatic nitrogens is 2. The molecule has 5 aromatic carbocycles. The van der Waals surface area contributed by atoms with Gasteiger partial charge < -0.3 is 14.9 Å². The van der Waals surface area contributed by atoms with Gasteiger partial charge in [0.25, 0.3) is 0 Å². The molecule has 2 aliphatic rings. The predicted octanol–water partition coefficient (Wildman–Crippen LogP) is 12.0. The molecule has 0 fully saturated rings. The van der Waals surface area contributed by atoms with Crippen molar-refractivity contribution in [2.45, 2.75) is 25.7 Å². The third-order valence-electron chi connectivity index (χ3n) is 10.6. The lowest BCUT2D eigenvalue weighted by Gasteiger charge is -2.15. The summed E-state index contributed by atoms with van der Waals surface area (Å²) in [7, 11) is 0. The molecule has 0 saturated heterocycles. The van der Waals surface area contributed by atoms with Gasteiger partial charge in [0.15, 0.2) is 0 Å². The van der Waals surface area contributed by atoms with Crippen LogP contribution in [0, 0.1) is 23.1 Å². The summed E-state index contributed by atoms with van der Waals surface area (Å²) in [4.78, 5) is 0. The van der Waals surface area contributed by atoms with Gasteiger partial charge in [-0.05, 0) is 103 Å². The van der Waals surface area contributed by atoms with Gasteiger partial charge in [0, 0.05) is 44.2 Å². The third-order valence-corrected chi connectivity index (χ3v) is 10.6. The molecule has 1 unspecified atom stereocenters. The van der Waals surface area contributed by atoms with Crippen molar-refractivity contribution in [2.24, 2.45) is 11.7 Å². The van der Waals surface area contributed by atoms with Crippen molar-refractivity contribution in [2.75, 3.05) is 0 Å². The highest BCUT2D eigenvalue weighted by atomic mass is 19.1. The number of nitriles is 1. The molecule has 2 N–H and O–H groups in total. The van der Waals surface area contributed by atoms with Crippen molar-refractivity contribution in [3.8, 4) is 11.8 Å². The van der Waals surface area contributed by atoms with Crippen molar-refractivity contribution in [1.29, 1.82) is 5.26 Å². The molecule has 0 bridgehead atoms. The summed E-state index contributed by atoms with van der Waals surface area (Å²) < 4.78 is 19.2. The Morgan fingerprint density at radius 3 is 2.13 bits per heavy atom. The molecular formula is C48H37FN4. The van der Waals surface area contributed by atoms with Crippen LogP contribution in [0.5, 0.6) is 0 Å². The van der Waals surface area contributed by atoms with E-state index in [2.05, 4.69) is 131 Å². The van der Waals surface area contributed by atoms with E-state index in [0.29, 0.717) is 11.3 Å². The SMILES string of the molecule is N#CC1=CCC(C/C=C(\C=C(/N)c2ccc(-n3c4ccccc4c4ccc5c6ccccc6n(C6=CCCC=C6)c5c43)cc2)c2cccc(F)c2)C=C1. The van der Waals surface area contributed by atoms with Gasteiger partial charge >= 0.3 is 0 Å². The summed E-state index contributed by atoms with van der Waals surface area (Å²) in [6, 6.07) is 39.2. The van der Waals surface area contributed by atoms with Gasteiger partial charge in [0.05, 0.1) is 28.1 Å². The van der Waals surface area contributed by atoms with Crippen molar-refractivity contribution < 1.29 is 4.39 Å². The van der Waals surface area contributed by atoms with Crippen LogP contribution in [0.15, 0.2) is 163 Å². The first-order valence-electron chi connectivity index (χ1n) is 18.2. The smallest absolute Gasteiger partial charge is 0.123 e. The van der Waals surface area contributed by atoms with Crippen LogP contribution in [0.25, 0.3) is 66.3 Å². The Hall–Kier alpha value is -6.64. The molecule has 53 heavy (non-hydrogen) atoms. The van der Waals surface area contributed by atoms with E-state index in [-0.39, 0.29) is 11.7 Å². The molecule has 7 aromatic rings. The van der Waals surface area contributed by atoms with E-state index in [1.165, 1.54) is 49.9 Å². The molecular weight excluding hydrogens is 652 g/mol. The van der Waals surface area contributed by atoms with E-state index in [9.17, 15) is 9.65 Å². The maximum absolute atomic E-state index is 14.4. The number of nitrogens with zero attached hydrogens (tertiary/aromatic N) is 3. The van der Waals surface area contributed by atoms with Gasteiger partial charge in [-0.2, -0.15) is 5.26 Å². The Balaban J connectivity index is 1.16. The van der Waals surface area contributed by atoms with E-state index in [0.717, 1.165) is 53.6 Å². The first-order chi connectivity index (χ1) is 26.1. The van der Waals surface area contributed by atoms with Gasteiger partial charge in [-0.15, -0.1) is 0 Å². The van der Waals surface area contributed by atoms with E-state index < -0.39 is 0 Å². The largest absolute Gasteiger partial charge is 0.398 e. The third kappa shape index (κ3) is 5.79. The molecule has 9 rings (SSSR count). The van der Waals surface area contributed by atoms with Crippen LogP contribution >= 0.6 is 0 Å². The Labute approximate surface area is 307 Å². The van der Waals surface area contributed by atoms with E-state index in [1.54, 1.807) is 12.1 Å². The topological polar surface area (TPSA) is 59.7 Å². The van der Waals surface area contributed by atoms with Crippen LogP contribution in [0.1, 0.15) is 36.8 Å². The quantitative estimate of drug-likeness (QED) is 0.169. The van der Waals surface area contributed by atoms with E-state index >= 15 is 0 Å². The summed E-state index contributed by atoms with van der Waals surface area (Å²) in [5.74, 6) is -0.0367. The molecule has 256 valence electrons. The fourth-order valence-corrected chi connectivity index (χ4v) is 7.99. The summed E-state index contributed by atoms with van der Waals surface area (Å²) in [5.41, 5.74) is 17.6. The predicted molar refractivity (Wildman–Crippen MR) is 219 cm³/mol. The number of allylic oxidation sites excluding steroid dienone is 11. The van der Waals surface area contributed by atoms with Gasteiger partial charge in [0.1, 0.15) is 5.82 Å². The standard InChI is InChI=1S/C48H37FN4/c49-37-10-8-9-35(29-37)36(22-21-32-17-19-33(31-50)20-18-32)30-44(51)34-23-25-39(26-24-34)53-46-16-7-5-14-41(46)43-28-27-42-40-13-4-6-15-45(40)52(47(42)48(43)53)38-11-2-1-3-12-38/h2,4-17,19-20,22-30,32H,1,3,18,21,51H2/b36-22+,44-30-. The Bertz CT molecular complexity index is 2810. The number of fused-ring (bicyclic) bond motifs is 7. The molecule has 2 aromatic heterocycles. The minimum Gasteiger partial charge on any atom is -0.398 e. The van der Waals surface area contributed by atoms with Crippen LogP contribution in [0.2, 0.25) is 0 Å². The van der Waals surface area contributed by atoms with Crippen LogP contribution in [-0.4, -0.2) is 9.13 Å². The molecule has 0 aliphatic heterocycles. The maximum atomic E-state index is 14.4. The van der Waals surface area contributed by atoms with Gasteiger partial charge in [-0.1, -0.05) is 103 Å². The first-order valence-corrected chi connectivity index (χ1v) is 18.2. The lowest BCUT2D eigenvalue weighted by Crippen LogP contribution is -2.02. The number of halogens is 1. The van der Waals surface area contributed by atoms with Gasteiger partial charge in [0.2, 0.25) is 0 Å². The molecule has 4 nitrogen and oxygen atoms in total. The van der Waals surface area contributed by atoms with Gasteiger partial charge in [-0.3, -0.25) is 0 Å². The highest BCUT2D eigenvalue weighted by Crippen LogP contribution is 2.42. The van der Waals surface area contributed by atoms with Crippen LogP contribution in [0.3, 0.4) is 0 Å². The number of hydrogen-bond donors (Lipinski definition) is 1. The molecule has 0 spiro atoms. The zero-order chi connectivity index (χ0) is 35.9. The van der Waals surface area contributed by atoms with E-state index in [4.69, 9.17) is 5.73 Å². The lowest BCUT2D eigenvalue weighted by atomic mass is 9.92. The lowest BCUT2D eigenvalue weighted by molar-refractivity contribution is 0.627. The molecule has 0 amide bonds. The highest BCUT2D eigenvalue weighted by Gasteiger charge is 2.21. The average Bonchev–Trinajstić information content (AvgIpc) is 3.73. The average molecular weight is 689 g/mol. The number of rotatable bonds is 7. The number of nitrogens with two attached hydrogens (primary N) is 1. The zero-order valence-electron chi connectivity index (χ0n) is 29.2. The summed E-state index contributed by atoms with van der Waals surface area (Å²) in [5, 5.41) is 14.1. The molecule has 5 heteroatoms. The molecule has 2 heterocycles. The Kier molecular flexibility index (Phi) is 8.21. The Morgan fingerprint density at radius 1 is 0.755 bits per heavy atom. The molecule has 0 saturated carbocycles. The number of benzene rings is 5. The second-order valence-corrected chi connectivity index (χ2v) is 13.8. The minimum absolute atomic E-state index is 0.256. The summed E-state index contributed by atoms with van der Waals surface area (Å²) in [6.45, 7) is 0. The second-order valence-electron chi connectivity index (χ2n) is 13.8. The van der Waals surface area contributed by atoms with Crippen molar-refractivity contribution in [3.63, 3.8) is 0 Å². The fraction of sp³-hybridized carbons (Fsp3) is 0.104. The minimum atomic E-state index is -0.293. The first kappa shape index (κ1) is 32.3. The van der Waals surface area contributed by atoms with Crippen LogP contribution < -0.4 is 5.73 Å². The van der Waals surface area contributed by atoms with E-state index in [1.807, 2.05) is 24.3 Å². The molecule has 0 radical (unpaired) electrons. The van der Waals surface area contributed by atoms with Crippen LogP contribution in [0.4, 0.5) is 4.39 Å². The normalized spacial score (nSPS) is 16.4. The van der Waals surface area contributed by atoms with Gasteiger partial charge in [-0.25, -0.2) is 4.39 Å². The van der Waals surface area contributed by atoms with Crippen LogP contribution in [-0.2, 0) is 0 Å². The fourth-order valence-electron chi connectivity index (χ4n) is 7.99. The number of hydrogen-bond acceptors (Lipinski definition) is 2. The summed E-state index contributed by atoms with van der Waals surface area (Å²) >= 11 is 0. The second kappa shape index (κ2) is 13.5. The molecule has 2 aliphatic carbocycles. The monoisotopic (exact) mass is 688 g/mol. The molecule has 1 atom stereocenters. The van der Waals surface area contributed by atoms with Crippen molar-refractivity contribution in [3.05, 3.63) is 180 Å². The van der Waals surface area contributed by atoms with Crippen molar-refractivity contribution >= 4 is 60.6 Å². The Morgan fingerprint density at radius 2 is 1.47 bits per heavy atom. The summed E-state index contributed by atoms with van der Waals surface area (Å²) in [6.07, 6.45) is 20.5. The zero-order valence-corrected chi connectivity index (χ0v) is 29.2. The number of para-hydroxylation sites is 2. The maximum Gasteiger partial charge on any atom is 0.123 e.